The molecule has 1 aliphatic carbocycles. The Morgan fingerprint density at radius 1 is 1.47 bits per heavy atom. The Labute approximate surface area is 109 Å². The summed E-state index contributed by atoms with van der Waals surface area (Å²) in [5, 5.41) is 0. The van der Waals surface area contributed by atoms with Gasteiger partial charge in [-0.3, -0.25) is 4.79 Å². The van der Waals surface area contributed by atoms with Crippen LogP contribution in [-0.4, -0.2) is 12.3 Å². The van der Waals surface area contributed by atoms with Crippen molar-refractivity contribution in [3.05, 3.63) is 34.1 Å². The Balaban J connectivity index is 2.15. The van der Waals surface area contributed by atoms with Crippen molar-refractivity contribution in [2.24, 2.45) is 11.1 Å². The van der Waals surface area contributed by atoms with E-state index >= 15 is 0 Å². The molecule has 92 valence electrons. The second kappa shape index (κ2) is 4.86. The third kappa shape index (κ3) is 2.43. The molecule has 2 N–H and O–H groups in total. The zero-order valence-corrected chi connectivity index (χ0v) is 11.1. The van der Waals surface area contributed by atoms with E-state index in [1.165, 1.54) is 6.07 Å². The van der Waals surface area contributed by atoms with Crippen molar-refractivity contribution in [3.63, 3.8) is 0 Å². The number of Topliss-reactive ketones (excluding diaryl/α,β-unsaturated/α-hetero) is 1. The molecule has 1 fully saturated rings. The van der Waals surface area contributed by atoms with Gasteiger partial charge >= 0.3 is 0 Å². The number of benzene rings is 1. The highest BCUT2D eigenvalue weighted by atomic mass is 79.9. The summed E-state index contributed by atoms with van der Waals surface area (Å²) in [6, 6.07) is 4.67. The van der Waals surface area contributed by atoms with Gasteiger partial charge in [0, 0.05) is 22.9 Å². The molecule has 0 saturated heterocycles. The van der Waals surface area contributed by atoms with Crippen LogP contribution in [-0.2, 0) is 11.2 Å². The van der Waals surface area contributed by atoms with Crippen molar-refractivity contribution in [3.8, 4) is 0 Å². The number of carbonyl (C=O) groups is 1. The monoisotopic (exact) mass is 299 g/mol. The van der Waals surface area contributed by atoms with Crippen LogP contribution in [0.3, 0.4) is 0 Å². The predicted octanol–water partition coefficient (Wildman–Crippen LogP) is 2.83. The molecule has 0 spiro atoms. The fourth-order valence-corrected chi connectivity index (χ4v) is 2.65. The minimum absolute atomic E-state index is 0.0725. The zero-order chi connectivity index (χ0) is 12.5. The lowest BCUT2D eigenvalue weighted by molar-refractivity contribution is -0.132. The van der Waals surface area contributed by atoms with Crippen LogP contribution in [0, 0.1) is 11.2 Å². The minimum Gasteiger partial charge on any atom is -0.329 e. The third-order valence-electron chi connectivity index (χ3n) is 3.65. The second-order valence-electron chi connectivity index (χ2n) is 4.67. The molecule has 0 amide bonds. The van der Waals surface area contributed by atoms with E-state index in [2.05, 4.69) is 15.9 Å². The minimum atomic E-state index is -0.380. The molecule has 0 radical (unpaired) electrons. The normalized spacial score (nSPS) is 17.6. The smallest absolute Gasteiger partial charge is 0.144 e. The Kier molecular flexibility index (Phi) is 3.64. The van der Waals surface area contributed by atoms with Crippen molar-refractivity contribution >= 4 is 21.7 Å². The van der Waals surface area contributed by atoms with Crippen LogP contribution in [0.15, 0.2) is 22.7 Å². The van der Waals surface area contributed by atoms with Gasteiger partial charge in [-0.15, -0.1) is 0 Å². The molecular weight excluding hydrogens is 285 g/mol. The quantitative estimate of drug-likeness (QED) is 0.929. The average molecular weight is 300 g/mol. The summed E-state index contributed by atoms with van der Waals surface area (Å²) in [7, 11) is 0. The van der Waals surface area contributed by atoms with E-state index in [0.717, 1.165) is 23.7 Å². The Bertz CT molecular complexity index is 438. The van der Waals surface area contributed by atoms with Gasteiger partial charge in [-0.25, -0.2) is 4.39 Å². The van der Waals surface area contributed by atoms with Gasteiger partial charge in [0.2, 0.25) is 0 Å². The molecule has 1 aromatic rings. The van der Waals surface area contributed by atoms with Gasteiger partial charge in [0.1, 0.15) is 11.6 Å². The van der Waals surface area contributed by atoms with E-state index in [0.29, 0.717) is 12.1 Å². The van der Waals surface area contributed by atoms with E-state index in [1.54, 1.807) is 12.1 Å². The molecule has 0 aliphatic heterocycles. The third-order valence-corrected chi connectivity index (χ3v) is 4.14. The highest BCUT2D eigenvalue weighted by molar-refractivity contribution is 9.10. The molecular formula is C13H15BrFNO. The standard InChI is InChI=1S/C13H15BrFNO/c14-10-2-3-11(15)9(6-10)7-12(17)13(8-16)4-1-5-13/h2-3,6H,1,4-5,7-8,16H2. The van der Waals surface area contributed by atoms with E-state index in [1.807, 2.05) is 0 Å². The fraction of sp³-hybridized carbons (Fsp3) is 0.462. The number of halogens is 2. The maximum atomic E-state index is 13.5. The van der Waals surface area contributed by atoms with Gasteiger partial charge < -0.3 is 5.73 Å². The van der Waals surface area contributed by atoms with E-state index in [4.69, 9.17) is 5.73 Å². The Morgan fingerprint density at radius 2 is 2.18 bits per heavy atom. The molecule has 0 bridgehead atoms. The van der Waals surface area contributed by atoms with Crippen LogP contribution in [0.25, 0.3) is 0 Å². The summed E-state index contributed by atoms with van der Waals surface area (Å²) in [4.78, 5) is 12.1. The van der Waals surface area contributed by atoms with Gasteiger partial charge in [-0.1, -0.05) is 22.4 Å². The van der Waals surface area contributed by atoms with Gasteiger partial charge in [0.15, 0.2) is 0 Å². The number of carbonyl (C=O) groups excluding carboxylic acids is 1. The number of rotatable bonds is 4. The average Bonchev–Trinajstić information content (AvgIpc) is 2.23. The largest absolute Gasteiger partial charge is 0.329 e. The van der Waals surface area contributed by atoms with E-state index in [-0.39, 0.29) is 23.4 Å². The molecule has 17 heavy (non-hydrogen) atoms. The maximum Gasteiger partial charge on any atom is 0.144 e. The summed E-state index contributed by atoms with van der Waals surface area (Å²) < 4.78 is 14.3. The molecule has 1 aliphatic rings. The SMILES string of the molecule is NCC1(C(=O)Cc2cc(Br)ccc2F)CCC1. The van der Waals surface area contributed by atoms with Gasteiger partial charge in [-0.05, 0) is 36.6 Å². The number of hydrogen-bond acceptors (Lipinski definition) is 2. The van der Waals surface area contributed by atoms with Crippen LogP contribution in [0.2, 0.25) is 0 Å². The molecule has 0 aromatic heterocycles. The molecule has 0 atom stereocenters. The lowest BCUT2D eigenvalue weighted by Crippen LogP contribution is -2.45. The van der Waals surface area contributed by atoms with Crippen molar-refractivity contribution < 1.29 is 9.18 Å². The van der Waals surface area contributed by atoms with Crippen LogP contribution in [0.4, 0.5) is 4.39 Å². The highest BCUT2D eigenvalue weighted by Crippen LogP contribution is 2.41. The lowest BCUT2D eigenvalue weighted by Gasteiger charge is -2.39. The molecule has 1 aromatic carbocycles. The Morgan fingerprint density at radius 3 is 2.71 bits per heavy atom. The number of nitrogens with two attached hydrogens (primary N) is 1. The molecule has 0 unspecified atom stereocenters. The number of ketones is 1. The second-order valence-corrected chi connectivity index (χ2v) is 5.59. The zero-order valence-electron chi connectivity index (χ0n) is 9.51. The van der Waals surface area contributed by atoms with Crippen molar-refractivity contribution in [1.29, 1.82) is 0 Å². The first-order chi connectivity index (χ1) is 8.07. The van der Waals surface area contributed by atoms with Crippen molar-refractivity contribution in [2.75, 3.05) is 6.54 Å². The summed E-state index contributed by atoms with van der Waals surface area (Å²) in [6.45, 7) is 0.376. The first-order valence-electron chi connectivity index (χ1n) is 5.75. The molecule has 4 heteroatoms. The van der Waals surface area contributed by atoms with E-state index in [9.17, 15) is 9.18 Å². The van der Waals surface area contributed by atoms with Crippen molar-refractivity contribution in [1.82, 2.24) is 0 Å². The van der Waals surface area contributed by atoms with Gasteiger partial charge in [0.25, 0.3) is 0 Å². The fourth-order valence-electron chi connectivity index (χ4n) is 2.24. The first-order valence-corrected chi connectivity index (χ1v) is 6.54. The van der Waals surface area contributed by atoms with Crippen LogP contribution < -0.4 is 5.73 Å². The highest BCUT2D eigenvalue weighted by Gasteiger charge is 2.42. The molecule has 1 saturated carbocycles. The van der Waals surface area contributed by atoms with E-state index < -0.39 is 0 Å². The first kappa shape index (κ1) is 12.7. The van der Waals surface area contributed by atoms with Crippen molar-refractivity contribution in [2.45, 2.75) is 25.7 Å². The predicted molar refractivity (Wildman–Crippen MR) is 68.1 cm³/mol. The summed E-state index contributed by atoms with van der Waals surface area (Å²) in [5.41, 5.74) is 5.74. The molecule has 0 heterocycles. The topological polar surface area (TPSA) is 43.1 Å². The van der Waals surface area contributed by atoms with Gasteiger partial charge in [0.05, 0.1) is 0 Å². The maximum absolute atomic E-state index is 13.5. The Hall–Kier alpha value is -0.740. The van der Waals surface area contributed by atoms with Gasteiger partial charge in [-0.2, -0.15) is 0 Å². The molecule has 2 nitrogen and oxygen atoms in total. The van der Waals surface area contributed by atoms with Crippen LogP contribution >= 0.6 is 15.9 Å². The lowest BCUT2D eigenvalue weighted by atomic mass is 9.65. The summed E-state index contributed by atoms with van der Waals surface area (Å²) in [5.74, 6) is -0.253. The summed E-state index contributed by atoms with van der Waals surface area (Å²) in [6.07, 6.45) is 2.88. The van der Waals surface area contributed by atoms with Crippen LogP contribution in [0.5, 0.6) is 0 Å². The van der Waals surface area contributed by atoms with Crippen LogP contribution in [0.1, 0.15) is 24.8 Å². The number of hydrogen-bond donors (Lipinski definition) is 1. The summed E-state index contributed by atoms with van der Waals surface area (Å²) >= 11 is 3.28. The molecule has 2 rings (SSSR count).